The second-order valence-corrected chi connectivity index (χ2v) is 6.12. The van der Waals surface area contributed by atoms with Crippen LogP contribution >= 0.6 is 11.6 Å². The van der Waals surface area contributed by atoms with Crippen LogP contribution in [0.15, 0.2) is 6.07 Å². The zero-order valence-electron chi connectivity index (χ0n) is 13.1. The maximum absolute atomic E-state index is 9.25. The van der Waals surface area contributed by atoms with Crippen LogP contribution < -0.4 is 0 Å². The van der Waals surface area contributed by atoms with E-state index in [9.17, 15) is 5.11 Å². The van der Waals surface area contributed by atoms with E-state index in [0.717, 1.165) is 66.8 Å². The summed E-state index contributed by atoms with van der Waals surface area (Å²) in [4.78, 5) is 2.38. The van der Waals surface area contributed by atoms with Gasteiger partial charge >= 0.3 is 0 Å². The van der Waals surface area contributed by atoms with Crippen molar-refractivity contribution in [2.24, 2.45) is 7.05 Å². The molecular weight excluding hydrogens is 302 g/mol. The molecule has 0 spiro atoms. The number of halogens is 1. The molecule has 2 aromatic heterocycles. The molecule has 6 nitrogen and oxygen atoms in total. The number of aryl methyl sites for hydroxylation is 3. The SMILES string of the molecule is CCc1nn(C)c(Cl)c1CN1CCCn2nc(CO)cc2C1. The zero-order chi connectivity index (χ0) is 15.7. The van der Waals surface area contributed by atoms with Gasteiger partial charge in [0.2, 0.25) is 0 Å². The molecule has 7 heteroatoms. The molecule has 0 saturated heterocycles. The van der Waals surface area contributed by atoms with Gasteiger partial charge in [0, 0.05) is 38.8 Å². The van der Waals surface area contributed by atoms with E-state index < -0.39 is 0 Å². The first-order valence-corrected chi connectivity index (χ1v) is 8.09. The van der Waals surface area contributed by atoms with Gasteiger partial charge in [0.1, 0.15) is 5.15 Å². The molecule has 0 amide bonds. The summed E-state index contributed by atoms with van der Waals surface area (Å²) in [7, 11) is 1.88. The number of fused-ring (bicyclic) bond motifs is 1. The Morgan fingerprint density at radius 3 is 2.86 bits per heavy atom. The molecule has 0 fully saturated rings. The number of aliphatic hydroxyl groups is 1. The summed E-state index contributed by atoms with van der Waals surface area (Å²) < 4.78 is 3.76. The maximum Gasteiger partial charge on any atom is 0.131 e. The van der Waals surface area contributed by atoms with Crippen molar-refractivity contribution in [2.45, 2.75) is 46.0 Å². The molecule has 0 bridgehead atoms. The lowest BCUT2D eigenvalue weighted by Gasteiger charge is -2.19. The molecule has 1 N–H and O–H groups in total. The van der Waals surface area contributed by atoms with Crippen LogP contribution in [0.3, 0.4) is 0 Å². The predicted octanol–water partition coefficient (Wildman–Crippen LogP) is 1.73. The fourth-order valence-electron chi connectivity index (χ4n) is 3.06. The Kier molecular flexibility index (Phi) is 4.52. The Morgan fingerprint density at radius 1 is 1.32 bits per heavy atom. The van der Waals surface area contributed by atoms with E-state index in [1.807, 2.05) is 17.8 Å². The lowest BCUT2D eigenvalue weighted by Crippen LogP contribution is -2.23. The smallest absolute Gasteiger partial charge is 0.131 e. The normalized spacial score (nSPS) is 15.8. The Bertz CT molecular complexity index is 663. The molecule has 22 heavy (non-hydrogen) atoms. The fraction of sp³-hybridized carbons (Fsp3) is 0.600. The molecule has 0 aliphatic carbocycles. The van der Waals surface area contributed by atoms with Crippen molar-refractivity contribution in [1.29, 1.82) is 0 Å². The molecule has 0 radical (unpaired) electrons. The van der Waals surface area contributed by atoms with Crippen molar-refractivity contribution >= 4 is 11.6 Å². The molecule has 0 aromatic carbocycles. The van der Waals surface area contributed by atoms with Crippen LogP contribution in [0, 0.1) is 0 Å². The van der Waals surface area contributed by atoms with Crippen molar-refractivity contribution in [3.05, 3.63) is 33.9 Å². The van der Waals surface area contributed by atoms with Gasteiger partial charge in [-0.15, -0.1) is 0 Å². The number of hydrogen-bond acceptors (Lipinski definition) is 4. The predicted molar refractivity (Wildman–Crippen MR) is 84.5 cm³/mol. The minimum absolute atomic E-state index is 0.00554. The van der Waals surface area contributed by atoms with Gasteiger partial charge in [-0.05, 0) is 18.9 Å². The number of hydrogen-bond donors (Lipinski definition) is 1. The standard InChI is InChI=1S/C15H22ClN5O/c1-3-14-13(15(16)19(2)18-14)9-20-5-4-6-21-12(8-20)7-11(10-22)17-21/h7,22H,3-6,8-10H2,1-2H3. The quantitative estimate of drug-likeness (QED) is 0.931. The summed E-state index contributed by atoms with van der Waals surface area (Å²) in [6.07, 6.45) is 1.93. The Hall–Kier alpha value is -1.37. The summed E-state index contributed by atoms with van der Waals surface area (Å²) in [5.41, 5.74) is 4.09. The first kappa shape index (κ1) is 15.5. The molecular formula is C15H22ClN5O. The number of nitrogens with zero attached hydrogens (tertiary/aromatic N) is 5. The zero-order valence-corrected chi connectivity index (χ0v) is 13.8. The van der Waals surface area contributed by atoms with Gasteiger partial charge in [-0.1, -0.05) is 18.5 Å². The van der Waals surface area contributed by atoms with Crippen molar-refractivity contribution in [2.75, 3.05) is 6.54 Å². The highest BCUT2D eigenvalue weighted by molar-refractivity contribution is 6.30. The molecule has 1 aliphatic rings. The Morgan fingerprint density at radius 2 is 2.14 bits per heavy atom. The van der Waals surface area contributed by atoms with E-state index in [1.165, 1.54) is 0 Å². The minimum atomic E-state index is -0.00554. The second-order valence-electron chi connectivity index (χ2n) is 5.77. The van der Waals surface area contributed by atoms with E-state index in [2.05, 4.69) is 22.0 Å². The molecule has 0 atom stereocenters. The van der Waals surface area contributed by atoms with Gasteiger partial charge in [0.05, 0.1) is 23.7 Å². The first-order valence-electron chi connectivity index (χ1n) is 7.71. The summed E-state index contributed by atoms with van der Waals surface area (Å²) in [5.74, 6) is 0. The van der Waals surface area contributed by atoms with E-state index in [1.54, 1.807) is 4.68 Å². The third kappa shape index (κ3) is 2.91. The molecule has 0 saturated carbocycles. The molecule has 3 rings (SSSR count). The highest BCUT2D eigenvalue weighted by Gasteiger charge is 2.20. The average molecular weight is 324 g/mol. The van der Waals surface area contributed by atoms with Crippen molar-refractivity contribution in [1.82, 2.24) is 24.5 Å². The summed E-state index contributed by atoms with van der Waals surface area (Å²) in [6, 6.07) is 1.99. The summed E-state index contributed by atoms with van der Waals surface area (Å²) in [6.45, 7) is 5.62. The molecule has 0 unspecified atom stereocenters. The van der Waals surface area contributed by atoms with Gasteiger partial charge in [-0.3, -0.25) is 14.3 Å². The lowest BCUT2D eigenvalue weighted by atomic mass is 10.2. The molecule has 2 aromatic rings. The number of aliphatic hydroxyl groups excluding tert-OH is 1. The topological polar surface area (TPSA) is 59.1 Å². The van der Waals surface area contributed by atoms with Crippen LogP contribution in [-0.2, 0) is 39.7 Å². The van der Waals surface area contributed by atoms with Crippen molar-refractivity contribution in [3.8, 4) is 0 Å². The van der Waals surface area contributed by atoms with E-state index in [-0.39, 0.29) is 6.61 Å². The van der Waals surface area contributed by atoms with Crippen LogP contribution in [0.5, 0.6) is 0 Å². The van der Waals surface area contributed by atoms with Crippen LogP contribution in [0.4, 0.5) is 0 Å². The van der Waals surface area contributed by atoms with Crippen molar-refractivity contribution < 1.29 is 5.11 Å². The Balaban J connectivity index is 1.81. The highest BCUT2D eigenvalue weighted by Crippen LogP contribution is 2.24. The first-order chi connectivity index (χ1) is 10.6. The fourth-order valence-corrected chi connectivity index (χ4v) is 3.27. The number of rotatable bonds is 4. The third-order valence-electron chi connectivity index (χ3n) is 4.17. The van der Waals surface area contributed by atoms with Crippen LogP contribution in [-0.4, -0.2) is 36.1 Å². The van der Waals surface area contributed by atoms with Crippen LogP contribution in [0.2, 0.25) is 5.15 Å². The van der Waals surface area contributed by atoms with Gasteiger partial charge in [-0.2, -0.15) is 10.2 Å². The largest absolute Gasteiger partial charge is 0.390 e. The summed E-state index contributed by atoms with van der Waals surface area (Å²) in [5, 5.41) is 18.9. The van der Waals surface area contributed by atoms with Crippen LogP contribution in [0.25, 0.3) is 0 Å². The Labute approximate surface area is 135 Å². The van der Waals surface area contributed by atoms with E-state index in [4.69, 9.17) is 11.6 Å². The average Bonchev–Trinajstić information content (AvgIpc) is 2.95. The molecule has 120 valence electrons. The van der Waals surface area contributed by atoms with E-state index in [0.29, 0.717) is 0 Å². The molecule has 1 aliphatic heterocycles. The van der Waals surface area contributed by atoms with Crippen molar-refractivity contribution in [3.63, 3.8) is 0 Å². The number of aromatic nitrogens is 4. The van der Waals surface area contributed by atoms with Crippen LogP contribution in [0.1, 0.15) is 36.0 Å². The van der Waals surface area contributed by atoms with Gasteiger partial charge < -0.3 is 5.11 Å². The lowest BCUT2D eigenvalue weighted by molar-refractivity contribution is 0.259. The highest BCUT2D eigenvalue weighted by atomic mass is 35.5. The third-order valence-corrected chi connectivity index (χ3v) is 4.65. The second kappa shape index (κ2) is 6.40. The monoisotopic (exact) mass is 323 g/mol. The molecule has 3 heterocycles. The van der Waals surface area contributed by atoms with Gasteiger partial charge in [0.25, 0.3) is 0 Å². The van der Waals surface area contributed by atoms with Gasteiger partial charge in [-0.25, -0.2) is 0 Å². The minimum Gasteiger partial charge on any atom is -0.390 e. The van der Waals surface area contributed by atoms with Gasteiger partial charge in [0.15, 0.2) is 0 Å². The van der Waals surface area contributed by atoms with E-state index >= 15 is 0 Å². The summed E-state index contributed by atoms with van der Waals surface area (Å²) >= 11 is 6.40. The maximum atomic E-state index is 9.25.